The Labute approximate surface area is 127 Å². The van der Waals surface area contributed by atoms with Crippen molar-refractivity contribution >= 4 is 37.1 Å². The summed E-state index contributed by atoms with van der Waals surface area (Å²) >= 11 is 2.87. The minimum atomic E-state index is 0.416. The van der Waals surface area contributed by atoms with Gasteiger partial charge in [-0.25, -0.2) is 0 Å². The number of halogens is 1. The van der Waals surface area contributed by atoms with E-state index in [4.69, 9.17) is 0 Å². The Morgan fingerprint density at radius 3 is 1.89 bits per heavy atom. The first kappa shape index (κ1) is 12.2. The Balaban J connectivity index is 2.07. The van der Waals surface area contributed by atoms with Crippen molar-refractivity contribution in [2.24, 2.45) is 0 Å². The topological polar surface area (TPSA) is 0 Å². The van der Waals surface area contributed by atoms with Gasteiger partial charge in [0.15, 0.2) is 0 Å². The molecule has 0 spiro atoms. The zero-order valence-corrected chi connectivity index (χ0v) is 13.5. The van der Waals surface area contributed by atoms with Crippen LogP contribution in [0, 0.1) is 3.57 Å². The summed E-state index contributed by atoms with van der Waals surface area (Å²) in [4.78, 5) is 0. The van der Waals surface area contributed by atoms with Crippen LogP contribution in [0.4, 0.5) is 0 Å². The third kappa shape index (κ3) is 2.46. The van der Waals surface area contributed by atoms with Crippen LogP contribution in [0.5, 0.6) is 0 Å². The predicted molar refractivity (Wildman–Crippen MR) is 87.0 cm³/mol. The summed E-state index contributed by atoms with van der Waals surface area (Å²) in [6.07, 6.45) is 0. The van der Waals surface area contributed by atoms with Gasteiger partial charge < -0.3 is 0 Å². The van der Waals surface area contributed by atoms with E-state index >= 15 is 0 Å². The van der Waals surface area contributed by atoms with Gasteiger partial charge in [0.25, 0.3) is 0 Å². The van der Waals surface area contributed by atoms with Crippen LogP contribution in [-0.2, 0) is 0 Å². The number of hydrogen-bond donors (Lipinski definition) is 0. The van der Waals surface area contributed by atoms with E-state index in [-0.39, 0.29) is 0 Å². The molecular formula is C16H11ISe. The summed E-state index contributed by atoms with van der Waals surface area (Å²) in [7, 11) is 0. The fourth-order valence-corrected chi connectivity index (χ4v) is 5.80. The Bertz CT molecular complexity index is 641. The quantitative estimate of drug-likeness (QED) is 0.426. The second kappa shape index (κ2) is 5.43. The summed E-state index contributed by atoms with van der Waals surface area (Å²) in [5, 5.41) is 0. The average molecular weight is 409 g/mol. The van der Waals surface area contributed by atoms with Gasteiger partial charge in [-0.15, -0.1) is 0 Å². The molecule has 3 aromatic rings. The molecule has 3 rings (SSSR count). The van der Waals surface area contributed by atoms with Gasteiger partial charge in [-0.1, -0.05) is 0 Å². The maximum atomic E-state index is 2.46. The molecule has 0 N–H and O–H groups in total. The van der Waals surface area contributed by atoms with Crippen molar-refractivity contribution in [1.82, 2.24) is 0 Å². The van der Waals surface area contributed by atoms with E-state index in [1.165, 1.54) is 23.6 Å². The van der Waals surface area contributed by atoms with Gasteiger partial charge >= 0.3 is 127 Å². The standard InChI is InChI=1S/C16H11ISe/c17-14-11-15(12-7-3-1-4-8-12)18-16(14)13-9-5-2-6-10-13/h1-11H. The van der Waals surface area contributed by atoms with E-state index in [9.17, 15) is 0 Å². The van der Waals surface area contributed by atoms with Gasteiger partial charge in [0.2, 0.25) is 0 Å². The zero-order valence-electron chi connectivity index (χ0n) is 9.64. The Kier molecular flexibility index (Phi) is 3.69. The van der Waals surface area contributed by atoms with Crippen LogP contribution in [-0.4, -0.2) is 14.5 Å². The van der Waals surface area contributed by atoms with Crippen molar-refractivity contribution in [3.05, 3.63) is 70.3 Å². The Hall–Kier alpha value is -0.831. The zero-order chi connectivity index (χ0) is 12.4. The molecule has 0 aliphatic heterocycles. The molecule has 0 radical (unpaired) electrons. The molecule has 2 aromatic carbocycles. The molecule has 88 valence electrons. The molecule has 0 nitrogen and oxygen atoms in total. The van der Waals surface area contributed by atoms with Gasteiger partial charge in [-0.3, -0.25) is 0 Å². The Morgan fingerprint density at radius 2 is 1.28 bits per heavy atom. The predicted octanol–water partition coefficient (Wildman–Crippen LogP) is 4.68. The Morgan fingerprint density at radius 1 is 0.722 bits per heavy atom. The summed E-state index contributed by atoms with van der Waals surface area (Å²) in [5.74, 6) is 0. The summed E-state index contributed by atoms with van der Waals surface area (Å²) in [6, 6.07) is 23.7. The third-order valence-corrected chi connectivity index (χ3v) is 7.04. The van der Waals surface area contributed by atoms with E-state index in [1.54, 1.807) is 0 Å². The van der Waals surface area contributed by atoms with E-state index in [0.717, 1.165) is 0 Å². The van der Waals surface area contributed by atoms with E-state index in [0.29, 0.717) is 14.5 Å². The van der Waals surface area contributed by atoms with Crippen LogP contribution in [0.15, 0.2) is 66.7 Å². The summed E-state index contributed by atoms with van der Waals surface area (Å²) in [5.41, 5.74) is 2.72. The second-order valence-corrected chi connectivity index (χ2v) is 7.39. The molecule has 1 aromatic heterocycles. The van der Waals surface area contributed by atoms with Gasteiger partial charge in [0.1, 0.15) is 0 Å². The van der Waals surface area contributed by atoms with Gasteiger partial charge in [0, 0.05) is 0 Å². The summed E-state index contributed by atoms with van der Waals surface area (Å²) in [6.45, 7) is 0. The van der Waals surface area contributed by atoms with Crippen molar-refractivity contribution in [2.75, 3.05) is 0 Å². The van der Waals surface area contributed by atoms with E-state index in [1.807, 2.05) is 0 Å². The van der Waals surface area contributed by atoms with Crippen LogP contribution in [0.3, 0.4) is 0 Å². The molecule has 0 saturated heterocycles. The molecule has 0 fully saturated rings. The molecule has 0 amide bonds. The van der Waals surface area contributed by atoms with Gasteiger partial charge in [-0.2, -0.15) is 0 Å². The molecule has 0 saturated carbocycles. The normalized spacial score (nSPS) is 10.5. The molecular weight excluding hydrogens is 398 g/mol. The fourth-order valence-electron chi connectivity index (χ4n) is 1.90. The first-order valence-corrected chi connectivity index (χ1v) is 8.54. The van der Waals surface area contributed by atoms with Crippen LogP contribution >= 0.6 is 22.6 Å². The molecule has 18 heavy (non-hydrogen) atoms. The van der Waals surface area contributed by atoms with Crippen molar-refractivity contribution in [3.8, 4) is 20.0 Å². The van der Waals surface area contributed by atoms with Gasteiger partial charge in [0.05, 0.1) is 0 Å². The fraction of sp³-hybridized carbons (Fsp3) is 0. The van der Waals surface area contributed by atoms with Crippen LogP contribution in [0.25, 0.3) is 20.0 Å². The molecule has 2 heteroatoms. The van der Waals surface area contributed by atoms with Crippen molar-refractivity contribution in [2.45, 2.75) is 0 Å². The minimum absolute atomic E-state index is 0.416. The molecule has 0 unspecified atom stereocenters. The molecule has 0 aliphatic rings. The van der Waals surface area contributed by atoms with Crippen LogP contribution in [0.1, 0.15) is 0 Å². The van der Waals surface area contributed by atoms with Crippen LogP contribution in [0.2, 0.25) is 0 Å². The van der Waals surface area contributed by atoms with Crippen molar-refractivity contribution in [3.63, 3.8) is 0 Å². The van der Waals surface area contributed by atoms with Crippen LogP contribution < -0.4 is 0 Å². The number of hydrogen-bond acceptors (Lipinski definition) is 0. The van der Waals surface area contributed by atoms with E-state index < -0.39 is 0 Å². The molecule has 0 bridgehead atoms. The number of rotatable bonds is 2. The molecule has 0 atom stereocenters. The monoisotopic (exact) mass is 410 g/mol. The molecule has 1 heterocycles. The van der Waals surface area contributed by atoms with Crippen molar-refractivity contribution < 1.29 is 0 Å². The second-order valence-electron chi connectivity index (χ2n) is 4.02. The molecule has 0 aliphatic carbocycles. The first-order chi connectivity index (χ1) is 8.84. The third-order valence-electron chi connectivity index (χ3n) is 2.78. The maximum absolute atomic E-state index is 2.46. The summed E-state index contributed by atoms with van der Waals surface area (Å²) < 4.78 is 4.37. The number of benzene rings is 2. The van der Waals surface area contributed by atoms with E-state index in [2.05, 4.69) is 89.3 Å². The SMILES string of the molecule is Ic1cc(-c2ccccc2)[se]c1-c1ccccc1. The van der Waals surface area contributed by atoms with Crippen molar-refractivity contribution in [1.29, 1.82) is 0 Å². The van der Waals surface area contributed by atoms with Gasteiger partial charge in [-0.05, 0) is 0 Å². The first-order valence-electron chi connectivity index (χ1n) is 5.75. The average Bonchev–Trinajstić information content (AvgIpc) is 2.83.